The molecule has 0 bridgehead atoms. The first-order valence-corrected chi connectivity index (χ1v) is 7.68. The van der Waals surface area contributed by atoms with Crippen molar-refractivity contribution in [3.8, 4) is 0 Å². The third-order valence-corrected chi connectivity index (χ3v) is 3.93. The lowest BCUT2D eigenvalue weighted by Crippen LogP contribution is -2.35. The van der Waals surface area contributed by atoms with E-state index in [1.807, 2.05) is 25.1 Å². The van der Waals surface area contributed by atoms with Crippen LogP contribution in [0, 0.1) is 0 Å². The van der Waals surface area contributed by atoms with E-state index >= 15 is 0 Å². The molecule has 110 valence electrons. The minimum absolute atomic E-state index is 0.00608. The summed E-state index contributed by atoms with van der Waals surface area (Å²) < 4.78 is 4.58. The zero-order valence-electron chi connectivity index (χ0n) is 12.0. The van der Waals surface area contributed by atoms with E-state index in [0.29, 0.717) is 13.0 Å². The highest BCUT2D eigenvalue weighted by Crippen LogP contribution is 2.18. The average molecular weight is 295 g/mol. The zero-order chi connectivity index (χ0) is 14.8. The van der Waals surface area contributed by atoms with Crippen molar-refractivity contribution in [3.05, 3.63) is 30.3 Å². The number of ether oxygens (including phenoxy) is 1. The maximum absolute atomic E-state index is 11.9. The van der Waals surface area contributed by atoms with Crippen LogP contribution in [0.2, 0.25) is 0 Å². The highest BCUT2D eigenvalue weighted by atomic mass is 32.2. The van der Waals surface area contributed by atoms with Gasteiger partial charge in [0.1, 0.15) is 6.54 Å². The number of nitrogens with zero attached hydrogens (tertiary/aromatic N) is 1. The van der Waals surface area contributed by atoms with Gasteiger partial charge in [-0.25, -0.2) is 0 Å². The Balaban J connectivity index is 2.26. The monoisotopic (exact) mass is 295 g/mol. The number of likely N-dealkylation sites (N-methyl/N-ethyl adjacent to an activating group) is 1. The van der Waals surface area contributed by atoms with Gasteiger partial charge in [0, 0.05) is 17.9 Å². The van der Waals surface area contributed by atoms with Gasteiger partial charge in [-0.1, -0.05) is 18.2 Å². The van der Waals surface area contributed by atoms with Crippen molar-refractivity contribution in [3.63, 3.8) is 0 Å². The number of rotatable bonds is 8. The van der Waals surface area contributed by atoms with Crippen LogP contribution >= 0.6 is 11.8 Å². The molecule has 4 nitrogen and oxygen atoms in total. The highest BCUT2D eigenvalue weighted by molar-refractivity contribution is 7.99. The second kappa shape index (κ2) is 9.42. The van der Waals surface area contributed by atoms with Gasteiger partial charge >= 0.3 is 5.97 Å². The minimum atomic E-state index is -0.376. The van der Waals surface area contributed by atoms with E-state index in [-0.39, 0.29) is 18.4 Å². The number of hydrogen-bond acceptors (Lipinski definition) is 4. The molecule has 0 heterocycles. The Kier molecular flexibility index (Phi) is 7.80. The number of carbonyl (C=O) groups excluding carboxylic acids is 2. The number of thioether (sulfide) groups is 1. The lowest BCUT2D eigenvalue weighted by Gasteiger charge is -2.19. The molecule has 0 radical (unpaired) electrons. The Morgan fingerprint density at radius 3 is 2.55 bits per heavy atom. The molecule has 1 aromatic rings. The van der Waals surface area contributed by atoms with Crippen molar-refractivity contribution in [2.45, 2.75) is 24.7 Å². The first-order valence-electron chi connectivity index (χ1n) is 6.69. The summed E-state index contributed by atoms with van der Waals surface area (Å²) in [4.78, 5) is 25.9. The molecule has 20 heavy (non-hydrogen) atoms. The fraction of sp³-hybridized carbons (Fsp3) is 0.467. The van der Waals surface area contributed by atoms with Gasteiger partial charge in [0.25, 0.3) is 0 Å². The average Bonchev–Trinajstić information content (AvgIpc) is 2.49. The summed E-state index contributed by atoms with van der Waals surface area (Å²) in [6.07, 6.45) is 1.26. The molecular weight excluding hydrogens is 274 g/mol. The van der Waals surface area contributed by atoms with Gasteiger partial charge in [-0.05, 0) is 31.2 Å². The standard InChI is InChI=1S/C15H21NO3S/c1-3-16(12-15(18)19-2)14(17)10-7-11-20-13-8-5-4-6-9-13/h4-6,8-9H,3,7,10-12H2,1-2H3. The number of methoxy groups -OCH3 is 1. The first-order chi connectivity index (χ1) is 9.67. The van der Waals surface area contributed by atoms with E-state index in [4.69, 9.17) is 0 Å². The van der Waals surface area contributed by atoms with Crippen molar-refractivity contribution >= 4 is 23.6 Å². The molecule has 0 spiro atoms. The van der Waals surface area contributed by atoms with Gasteiger partial charge in [-0.15, -0.1) is 11.8 Å². The van der Waals surface area contributed by atoms with Gasteiger partial charge < -0.3 is 9.64 Å². The van der Waals surface area contributed by atoms with Crippen LogP contribution in [0.25, 0.3) is 0 Å². The number of benzene rings is 1. The molecule has 0 N–H and O–H groups in total. The molecule has 0 aliphatic rings. The van der Waals surface area contributed by atoms with Gasteiger partial charge in [0.15, 0.2) is 0 Å². The maximum atomic E-state index is 11.9. The van der Waals surface area contributed by atoms with Crippen molar-refractivity contribution in [2.24, 2.45) is 0 Å². The summed E-state index contributed by atoms with van der Waals surface area (Å²) in [5.41, 5.74) is 0. The van der Waals surface area contributed by atoms with Gasteiger partial charge in [0.05, 0.1) is 7.11 Å². The van der Waals surface area contributed by atoms with Crippen molar-refractivity contribution in [1.82, 2.24) is 4.90 Å². The summed E-state index contributed by atoms with van der Waals surface area (Å²) in [7, 11) is 1.33. The molecule has 1 amide bonds. The molecule has 0 saturated heterocycles. The Labute approximate surface area is 124 Å². The lowest BCUT2D eigenvalue weighted by atomic mass is 10.3. The molecule has 0 atom stereocenters. The molecule has 0 aromatic heterocycles. The van der Waals surface area contributed by atoms with Gasteiger partial charge in [-0.3, -0.25) is 9.59 Å². The third kappa shape index (κ3) is 6.10. The van der Waals surface area contributed by atoms with Crippen molar-refractivity contribution in [1.29, 1.82) is 0 Å². The lowest BCUT2D eigenvalue weighted by molar-refractivity contribution is -0.146. The maximum Gasteiger partial charge on any atom is 0.325 e. The number of amides is 1. The largest absolute Gasteiger partial charge is 0.468 e. The van der Waals surface area contributed by atoms with Crippen molar-refractivity contribution < 1.29 is 14.3 Å². The van der Waals surface area contributed by atoms with E-state index in [9.17, 15) is 9.59 Å². The second-order valence-electron chi connectivity index (χ2n) is 4.25. The summed E-state index contributed by atoms with van der Waals surface area (Å²) in [5.74, 6) is 0.524. The van der Waals surface area contributed by atoms with Crippen LogP contribution in [0.5, 0.6) is 0 Å². The summed E-state index contributed by atoms with van der Waals surface area (Å²) in [5, 5.41) is 0. The molecule has 0 unspecified atom stereocenters. The number of carbonyl (C=O) groups is 2. The molecule has 0 aliphatic carbocycles. The van der Waals surface area contributed by atoms with Crippen LogP contribution in [0.3, 0.4) is 0 Å². The number of esters is 1. The second-order valence-corrected chi connectivity index (χ2v) is 5.42. The van der Waals surface area contributed by atoms with E-state index in [1.165, 1.54) is 16.9 Å². The Hall–Kier alpha value is -1.49. The van der Waals surface area contributed by atoms with Crippen LogP contribution in [0.15, 0.2) is 35.2 Å². The van der Waals surface area contributed by atoms with Crippen LogP contribution in [0.1, 0.15) is 19.8 Å². The van der Waals surface area contributed by atoms with Crippen LogP contribution < -0.4 is 0 Å². The normalized spacial score (nSPS) is 10.1. The molecule has 0 aliphatic heterocycles. The first kappa shape index (κ1) is 16.6. The van der Waals surface area contributed by atoms with Crippen molar-refractivity contribution in [2.75, 3.05) is 26.0 Å². The fourth-order valence-corrected chi connectivity index (χ4v) is 2.56. The third-order valence-electron chi connectivity index (χ3n) is 2.83. The van der Waals surface area contributed by atoms with Gasteiger partial charge in [-0.2, -0.15) is 0 Å². The van der Waals surface area contributed by atoms with E-state index in [2.05, 4.69) is 16.9 Å². The predicted molar refractivity (Wildman–Crippen MR) is 80.7 cm³/mol. The minimum Gasteiger partial charge on any atom is -0.468 e. The van der Waals surface area contributed by atoms with E-state index in [1.54, 1.807) is 11.8 Å². The Morgan fingerprint density at radius 2 is 1.95 bits per heavy atom. The summed E-state index contributed by atoms with van der Waals surface area (Å²) in [6, 6.07) is 10.1. The molecule has 1 rings (SSSR count). The smallest absolute Gasteiger partial charge is 0.325 e. The van der Waals surface area contributed by atoms with E-state index in [0.717, 1.165) is 12.2 Å². The molecule has 0 saturated carbocycles. The zero-order valence-corrected chi connectivity index (χ0v) is 12.8. The summed E-state index contributed by atoms with van der Waals surface area (Å²) in [6.45, 7) is 2.43. The molecule has 5 heteroatoms. The predicted octanol–water partition coefficient (Wildman–Crippen LogP) is 2.58. The molecule has 0 fully saturated rings. The van der Waals surface area contributed by atoms with Crippen LogP contribution in [-0.4, -0.2) is 42.7 Å². The quantitative estimate of drug-likeness (QED) is 0.420. The molecular formula is C15H21NO3S. The van der Waals surface area contributed by atoms with Gasteiger partial charge in [0.2, 0.25) is 5.91 Å². The van der Waals surface area contributed by atoms with Crippen LogP contribution in [-0.2, 0) is 14.3 Å². The fourth-order valence-electron chi connectivity index (χ4n) is 1.68. The van der Waals surface area contributed by atoms with Crippen LogP contribution in [0.4, 0.5) is 0 Å². The number of hydrogen-bond donors (Lipinski definition) is 0. The SMILES string of the molecule is CCN(CC(=O)OC)C(=O)CCCSc1ccccc1. The summed E-state index contributed by atoms with van der Waals surface area (Å²) >= 11 is 1.74. The topological polar surface area (TPSA) is 46.6 Å². The Bertz CT molecular complexity index is 422. The molecule has 1 aromatic carbocycles. The Morgan fingerprint density at radius 1 is 1.25 bits per heavy atom. The highest BCUT2D eigenvalue weighted by Gasteiger charge is 2.15. The van der Waals surface area contributed by atoms with E-state index < -0.39 is 0 Å².